The zero-order valence-electron chi connectivity index (χ0n) is 10.2. The molecule has 3 rings (SSSR count). The molecule has 0 saturated heterocycles. The fourth-order valence-corrected chi connectivity index (χ4v) is 2.33. The molecule has 5 heteroatoms. The monoisotopic (exact) mass is 275 g/mol. The van der Waals surface area contributed by atoms with Crippen molar-refractivity contribution in [2.24, 2.45) is 0 Å². The molecule has 3 nitrogen and oxygen atoms in total. The molecule has 19 heavy (non-hydrogen) atoms. The molecule has 0 aliphatic rings. The zero-order chi connectivity index (χ0) is 13.6. The lowest BCUT2D eigenvalue weighted by Crippen LogP contribution is -2.02. The van der Waals surface area contributed by atoms with E-state index in [4.69, 9.17) is 17.3 Å². The Hall–Kier alpha value is -2.07. The number of nitrogens with two attached hydrogens (primary N) is 1. The largest absolute Gasteiger partial charge is 0.369 e. The summed E-state index contributed by atoms with van der Waals surface area (Å²) in [5.74, 6) is -0.151. The lowest BCUT2D eigenvalue weighted by atomic mass is 10.2. The number of anilines is 1. The molecule has 3 aromatic rings. The molecule has 0 bridgehead atoms. The third kappa shape index (κ3) is 1.85. The Labute approximate surface area is 114 Å². The second kappa shape index (κ2) is 4.24. The minimum Gasteiger partial charge on any atom is -0.369 e. The normalized spacial score (nSPS) is 11.1. The summed E-state index contributed by atoms with van der Waals surface area (Å²) in [6.45, 7) is 1.94. The molecule has 0 atom stereocenters. The molecule has 0 aliphatic heterocycles. The molecule has 1 heterocycles. The first-order valence-electron chi connectivity index (χ1n) is 5.77. The van der Waals surface area contributed by atoms with Gasteiger partial charge < -0.3 is 5.73 Å². The number of hydrogen-bond donors (Lipinski definition) is 1. The number of halogens is 2. The van der Waals surface area contributed by atoms with Crippen LogP contribution in [0.15, 0.2) is 36.4 Å². The van der Waals surface area contributed by atoms with Crippen LogP contribution in [0.5, 0.6) is 0 Å². The van der Waals surface area contributed by atoms with Crippen molar-refractivity contribution in [1.82, 2.24) is 9.55 Å². The topological polar surface area (TPSA) is 43.8 Å². The molecule has 2 aromatic carbocycles. The number of aryl methyl sites for hydroxylation is 1. The van der Waals surface area contributed by atoms with Crippen molar-refractivity contribution < 1.29 is 4.39 Å². The zero-order valence-corrected chi connectivity index (χ0v) is 10.9. The molecular weight excluding hydrogens is 265 g/mol. The van der Waals surface area contributed by atoms with E-state index < -0.39 is 5.82 Å². The van der Waals surface area contributed by atoms with E-state index in [1.807, 2.05) is 25.1 Å². The van der Waals surface area contributed by atoms with E-state index in [1.54, 1.807) is 4.57 Å². The third-order valence-electron chi connectivity index (χ3n) is 3.06. The van der Waals surface area contributed by atoms with Crippen LogP contribution in [0, 0.1) is 12.7 Å². The summed E-state index contributed by atoms with van der Waals surface area (Å²) >= 11 is 5.93. The van der Waals surface area contributed by atoms with E-state index in [0.29, 0.717) is 10.7 Å². The first-order chi connectivity index (χ1) is 9.08. The smallest absolute Gasteiger partial charge is 0.206 e. The van der Waals surface area contributed by atoms with Crippen molar-refractivity contribution in [3.63, 3.8) is 0 Å². The lowest BCUT2D eigenvalue weighted by molar-refractivity contribution is 0.620. The van der Waals surface area contributed by atoms with Crippen LogP contribution < -0.4 is 5.73 Å². The van der Waals surface area contributed by atoms with Gasteiger partial charge in [0.05, 0.1) is 16.7 Å². The molecule has 1 aromatic heterocycles. The number of nitrogens with zero attached hydrogens (tertiary/aromatic N) is 2. The molecule has 0 saturated carbocycles. The summed E-state index contributed by atoms with van der Waals surface area (Å²) in [6.07, 6.45) is 0. The van der Waals surface area contributed by atoms with Crippen LogP contribution in [0.25, 0.3) is 16.7 Å². The number of nitrogen functional groups attached to an aromatic ring is 1. The Balaban J connectivity index is 2.39. The predicted octanol–water partition coefficient (Wildman–Crippen LogP) is 3.71. The van der Waals surface area contributed by atoms with Gasteiger partial charge in [0.25, 0.3) is 0 Å². The molecule has 0 aliphatic carbocycles. The van der Waals surface area contributed by atoms with Gasteiger partial charge >= 0.3 is 0 Å². The van der Waals surface area contributed by atoms with Crippen molar-refractivity contribution in [3.8, 4) is 5.69 Å². The summed E-state index contributed by atoms with van der Waals surface area (Å²) in [5.41, 5.74) is 8.74. The average molecular weight is 276 g/mol. The Kier molecular flexibility index (Phi) is 2.68. The Bertz CT molecular complexity index is 780. The van der Waals surface area contributed by atoms with Gasteiger partial charge in [-0.15, -0.1) is 0 Å². The van der Waals surface area contributed by atoms with E-state index in [2.05, 4.69) is 4.98 Å². The average Bonchev–Trinajstić information content (AvgIpc) is 2.70. The number of imidazole rings is 1. The van der Waals surface area contributed by atoms with Crippen molar-refractivity contribution >= 4 is 28.6 Å². The van der Waals surface area contributed by atoms with Gasteiger partial charge in [-0.1, -0.05) is 23.7 Å². The lowest BCUT2D eigenvalue weighted by Gasteiger charge is -2.08. The minimum absolute atomic E-state index is 0.241. The Morgan fingerprint density at radius 1 is 1.26 bits per heavy atom. The van der Waals surface area contributed by atoms with Crippen LogP contribution in [-0.4, -0.2) is 9.55 Å². The molecular formula is C14H11ClFN3. The predicted molar refractivity (Wildman–Crippen MR) is 75.2 cm³/mol. The van der Waals surface area contributed by atoms with E-state index in [-0.39, 0.29) is 5.95 Å². The highest BCUT2D eigenvalue weighted by Gasteiger charge is 2.14. The first kappa shape index (κ1) is 12.0. The fourth-order valence-electron chi connectivity index (χ4n) is 2.17. The van der Waals surface area contributed by atoms with Gasteiger partial charge in [-0.05, 0) is 36.8 Å². The highest BCUT2D eigenvalue weighted by Crippen LogP contribution is 2.28. The Morgan fingerprint density at radius 3 is 2.84 bits per heavy atom. The van der Waals surface area contributed by atoms with Crippen molar-refractivity contribution in [3.05, 3.63) is 52.8 Å². The summed E-state index contributed by atoms with van der Waals surface area (Å²) in [4.78, 5) is 4.29. The summed E-state index contributed by atoms with van der Waals surface area (Å²) in [7, 11) is 0. The van der Waals surface area contributed by atoms with Crippen LogP contribution in [-0.2, 0) is 0 Å². The maximum atomic E-state index is 14.0. The van der Waals surface area contributed by atoms with Crippen molar-refractivity contribution in [1.29, 1.82) is 0 Å². The van der Waals surface area contributed by atoms with E-state index in [9.17, 15) is 4.39 Å². The first-order valence-corrected chi connectivity index (χ1v) is 6.14. The quantitative estimate of drug-likeness (QED) is 0.736. The van der Waals surface area contributed by atoms with Gasteiger partial charge in [0, 0.05) is 5.02 Å². The second-order valence-electron chi connectivity index (χ2n) is 4.34. The molecule has 0 fully saturated rings. The third-order valence-corrected chi connectivity index (χ3v) is 3.30. The molecule has 0 amide bonds. The molecule has 96 valence electrons. The summed E-state index contributed by atoms with van der Waals surface area (Å²) in [5, 5.41) is 0.449. The number of hydrogen-bond acceptors (Lipinski definition) is 2. The number of aromatic nitrogens is 2. The van der Waals surface area contributed by atoms with Crippen LogP contribution in [0.2, 0.25) is 5.02 Å². The van der Waals surface area contributed by atoms with Gasteiger partial charge in [0.1, 0.15) is 5.82 Å². The van der Waals surface area contributed by atoms with E-state index in [0.717, 1.165) is 16.6 Å². The summed E-state index contributed by atoms with van der Waals surface area (Å²) < 4.78 is 15.6. The van der Waals surface area contributed by atoms with Crippen LogP contribution in [0.3, 0.4) is 0 Å². The molecule has 0 spiro atoms. The number of fused-ring (bicyclic) bond motifs is 1. The highest BCUT2D eigenvalue weighted by atomic mass is 35.5. The van der Waals surface area contributed by atoms with Gasteiger partial charge in [0.2, 0.25) is 5.95 Å². The van der Waals surface area contributed by atoms with Crippen LogP contribution >= 0.6 is 11.6 Å². The van der Waals surface area contributed by atoms with Gasteiger partial charge in [0.15, 0.2) is 0 Å². The minimum atomic E-state index is -0.392. The van der Waals surface area contributed by atoms with Gasteiger partial charge in [-0.25, -0.2) is 9.37 Å². The SMILES string of the molecule is Cc1cccc2c1nc(N)n2-c1cc(Cl)ccc1F. The summed E-state index contributed by atoms with van der Waals surface area (Å²) in [6, 6.07) is 10.0. The Morgan fingerprint density at radius 2 is 2.05 bits per heavy atom. The highest BCUT2D eigenvalue weighted by molar-refractivity contribution is 6.30. The standard InChI is InChI=1S/C14H11ClFN3/c1-8-3-2-4-11-13(8)18-14(17)19(11)12-7-9(15)5-6-10(12)16/h2-7H,1H3,(H2,17,18). The van der Waals surface area contributed by atoms with E-state index >= 15 is 0 Å². The second-order valence-corrected chi connectivity index (χ2v) is 4.78. The fraction of sp³-hybridized carbons (Fsp3) is 0.0714. The van der Waals surface area contributed by atoms with Crippen LogP contribution in [0.1, 0.15) is 5.56 Å². The van der Waals surface area contributed by atoms with Crippen molar-refractivity contribution in [2.45, 2.75) is 6.92 Å². The van der Waals surface area contributed by atoms with Gasteiger partial charge in [-0.2, -0.15) is 0 Å². The van der Waals surface area contributed by atoms with Gasteiger partial charge in [-0.3, -0.25) is 4.57 Å². The van der Waals surface area contributed by atoms with Crippen LogP contribution in [0.4, 0.5) is 10.3 Å². The number of benzene rings is 2. The van der Waals surface area contributed by atoms with Crippen molar-refractivity contribution in [2.75, 3.05) is 5.73 Å². The molecule has 2 N–H and O–H groups in total. The number of para-hydroxylation sites is 1. The maximum absolute atomic E-state index is 14.0. The van der Waals surface area contributed by atoms with E-state index in [1.165, 1.54) is 18.2 Å². The maximum Gasteiger partial charge on any atom is 0.206 e. The molecule has 0 radical (unpaired) electrons. The molecule has 0 unspecified atom stereocenters. The number of rotatable bonds is 1.